The van der Waals surface area contributed by atoms with Crippen molar-refractivity contribution in [1.29, 1.82) is 0 Å². The first kappa shape index (κ1) is 23.0. The van der Waals surface area contributed by atoms with Gasteiger partial charge in [0.2, 0.25) is 0 Å². The average molecular weight is 468 g/mol. The molecule has 4 rings (SSSR count). The van der Waals surface area contributed by atoms with Crippen LogP contribution in [0, 0.1) is 0 Å². The van der Waals surface area contributed by atoms with Crippen molar-refractivity contribution in [2.45, 2.75) is 44.4 Å². The van der Waals surface area contributed by atoms with Crippen molar-refractivity contribution in [2.24, 2.45) is 0 Å². The highest BCUT2D eigenvalue weighted by atomic mass is 32.1. The zero-order valence-corrected chi connectivity index (χ0v) is 19.8. The Kier molecular flexibility index (Phi) is 7.44. The van der Waals surface area contributed by atoms with E-state index in [1.807, 2.05) is 17.5 Å². The molecule has 3 heterocycles. The maximum atomic E-state index is 11.6. The molecule has 0 radical (unpaired) electrons. The van der Waals surface area contributed by atoms with Crippen LogP contribution in [0.5, 0.6) is 11.5 Å². The zero-order chi connectivity index (χ0) is 23.2. The molecule has 2 aromatic heterocycles. The van der Waals surface area contributed by atoms with Crippen molar-refractivity contribution in [3.63, 3.8) is 0 Å². The van der Waals surface area contributed by atoms with Gasteiger partial charge in [-0.3, -0.25) is 4.79 Å². The van der Waals surface area contributed by atoms with E-state index >= 15 is 0 Å². The highest BCUT2D eigenvalue weighted by Gasteiger charge is 2.23. The fourth-order valence-electron chi connectivity index (χ4n) is 4.15. The molecule has 0 fully saturated rings. The molecule has 2 N–H and O–H groups in total. The normalized spacial score (nSPS) is 13.6. The number of ether oxygens (including phenoxy) is 2. The van der Waals surface area contributed by atoms with E-state index in [0.29, 0.717) is 11.5 Å². The lowest BCUT2D eigenvalue weighted by Crippen LogP contribution is -2.14. The van der Waals surface area contributed by atoms with E-state index in [0.717, 1.165) is 66.4 Å². The molecule has 3 aromatic rings. The molecular formula is C25H29N3O4S. The molecule has 0 saturated heterocycles. The summed E-state index contributed by atoms with van der Waals surface area (Å²) in [5.74, 6) is 1.02. The molecule has 0 spiro atoms. The van der Waals surface area contributed by atoms with Crippen LogP contribution in [0.4, 0.5) is 5.82 Å². The summed E-state index contributed by atoms with van der Waals surface area (Å²) in [4.78, 5) is 21.1. The Labute approximate surface area is 197 Å². The van der Waals surface area contributed by atoms with Crippen LogP contribution in [0.3, 0.4) is 0 Å². The van der Waals surface area contributed by atoms with Crippen molar-refractivity contribution >= 4 is 23.1 Å². The summed E-state index contributed by atoms with van der Waals surface area (Å²) < 4.78 is 10.7. The zero-order valence-electron chi connectivity index (χ0n) is 19.0. The number of carbonyl (C=O) groups is 1. The number of benzene rings is 1. The topological polar surface area (TPSA) is 93.6 Å². The fraction of sp³-hybridized carbons (Fsp3) is 0.400. The molecule has 1 aromatic carbocycles. The van der Waals surface area contributed by atoms with Crippen LogP contribution in [-0.2, 0) is 24.1 Å². The van der Waals surface area contributed by atoms with Gasteiger partial charge in [-0.25, -0.2) is 9.97 Å². The Balaban J connectivity index is 1.44. The van der Waals surface area contributed by atoms with Crippen LogP contribution in [0.1, 0.15) is 52.7 Å². The summed E-state index contributed by atoms with van der Waals surface area (Å²) in [6.45, 7) is 0.989. The third kappa shape index (κ3) is 5.63. The first-order chi connectivity index (χ1) is 16.1. The number of carboxylic acids is 1. The number of carboxylic acid groups (broad SMARTS) is 1. The standard InChI is InChI=1S/C25H29N3O4S/c1-31-21-11-9-17(13-22(21)32-2)20(14-23(29)30)25-28-19(15-33-25)7-3-6-18-10-8-16-5-4-12-26-24(16)27-18/h8-11,13,15,20H,3-7,12,14H2,1-2H3,(H,26,27)(H,29,30). The minimum atomic E-state index is -0.862. The number of aryl methyl sites for hydroxylation is 3. The predicted octanol–water partition coefficient (Wildman–Crippen LogP) is 4.70. The first-order valence-corrected chi connectivity index (χ1v) is 12.1. The number of fused-ring (bicyclic) bond motifs is 1. The molecule has 7 nitrogen and oxygen atoms in total. The minimum Gasteiger partial charge on any atom is -0.493 e. The molecular weight excluding hydrogens is 438 g/mol. The van der Waals surface area contributed by atoms with Gasteiger partial charge in [-0.2, -0.15) is 0 Å². The van der Waals surface area contributed by atoms with E-state index in [4.69, 9.17) is 19.4 Å². The lowest BCUT2D eigenvalue weighted by Gasteiger charge is -2.17. The number of pyridine rings is 1. The second-order valence-corrected chi connectivity index (χ2v) is 9.03. The van der Waals surface area contributed by atoms with E-state index in [1.165, 1.54) is 16.9 Å². The minimum absolute atomic E-state index is 0.0333. The lowest BCUT2D eigenvalue weighted by atomic mass is 9.96. The Morgan fingerprint density at radius 2 is 1.94 bits per heavy atom. The van der Waals surface area contributed by atoms with Gasteiger partial charge in [0, 0.05) is 23.5 Å². The number of nitrogens with one attached hydrogen (secondary N) is 1. The number of aromatic nitrogens is 2. The Hall–Kier alpha value is -3.13. The number of methoxy groups -OCH3 is 2. The van der Waals surface area contributed by atoms with Gasteiger partial charge in [-0.05, 0) is 61.4 Å². The molecule has 1 atom stereocenters. The molecule has 1 aliphatic rings. The van der Waals surface area contributed by atoms with Crippen molar-refractivity contribution in [2.75, 3.05) is 26.1 Å². The lowest BCUT2D eigenvalue weighted by molar-refractivity contribution is -0.137. The fourth-order valence-corrected chi connectivity index (χ4v) is 5.13. The number of nitrogens with zero attached hydrogens (tertiary/aromatic N) is 2. The number of rotatable bonds is 10. The smallest absolute Gasteiger partial charge is 0.304 e. The highest BCUT2D eigenvalue weighted by Crippen LogP contribution is 2.36. The monoisotopic (exact) mass is 467 g/mol. The number of thiazole rings is 1. The van der Waals surface area contributed by atoms with E-state index in [2.05, 4.69) is 17.4 Å². The molecule has 1 unspecified atom stereocenters. The SMILES string of the molecule is COc1ccc(C(CC(=O)O)c2nc(CCCc3ccc4c(n3)NCCC4)cs2)cc1OC. The van der Waals surface area contributed by atoms with Crippen LogP contribution >= 0.6 is 11.3 Å². The van der Waals surface area contributed by atoms with Crippen molar-refractivity contribution < 1.29 is 19.4 Å². The highest BCUT2D eigenvalue weighted by molar-refractivity contribution is 7.09. The van der Waals surface area contributed by atoms with E-state index in [1.54, 1.807) is 20.3 Å². The molecule has 0 bridgehead atoms. The molecule has 0 saturated carbocycles. The quantitative estimate of drug-likeness (QED) is 0.446. The molecule has 1 aliphatic heterocycles. The van der Waals surface area contributed by atoms with Crippen molar-refractivity contribution in [1.82, 2.24) is 9.97 Å². The summed E-state index contributed by atoms with van der Waals surface area (Å²) in [6, 6.07) is 9.83. The van der Waals surface area contributed by atoms with Crippen molar-refractivity contribution in [3.05, 3.63) is 63.2 Å². The Morgan fingerprint density at radius 3 is 2.73 bits per heavy atom. The van der Waals surface area contributed by atoms with Crippen LogP contribution in [-0.4, -0.2) is 41.8 Å². The molecule has 8 heteroatoms. The Morgan fingerprint density at radius 1 is 1.12 bits per heavy atom. The molecule has 174 valence electrons. The van der Waals surface area contributed by atoms with E-state index in [-0.39, 0.29) is 12.3 Å². The van der Waals surface area contributed by atoms with Gasteiger partial charge in [-0.1, -0.05) is 12.1 Å². The Bertz CT molecular complexity index is 1110. The maximum absolute atomic E-state index is 11.6. The van der Waals surface area contributed by atoms with Crippen LogP contribution < -0.4 is 14.8 Å². The molecule has 0 aliphatic carbocycles. The number of aliphatic carboxylic acids is 1. The van der Waals surface area contributed by atoms with E-state index in [9.17, 15) is 9.90 Å². The third-order valence-corrected chi connectivity index (χ3v) is 6.88. The largest absolute Gasteiger partial charge is 0.493 e. The summed E-state index contributed by atoms with van der Waals surface area (Å²) in [5, 5.41) is 15.7. The summed E-state index contributed by atoms with van der Waals surface area (Å²) in [6.07, 6.45) is 4.87. The third-order valence-electron chi connectivity index (χ3n) is 5.87. The van der Waals surface area contributed by atoms with Gasteiger partial charge in [0.05, 0.1) is 26.3 Å². The van der Waals surface area contributed by atoms with Crippen molar-refractivity contribution in [3.8, 4) is 11.5 Å². The summed E-state index contributed by atoms with van der Waals surface area (Å²) in [5.41, 5.74) is 4.23. The van der Waals surface area contributed by atoms with Gasteiger partial charge in [0.25, 0.3) is 0 Å². The van der Waals surface area contributed by atoms with Crippen LogP contribution in [0.25, 0.3) is 0 Å². The summed E-state index contributed by atoms with van der Waals surface area (Å²) in [7, 11) is 3.15. The average Bonchev–Trinajstić information content (AvgIpc) is 3.30. The van der Waals surface area contributed by atoms with Gasteiger partial charge >= 0.3 is 5.97 Å². The number of anilines is 1. The van der Waals surface area contributed by atoms with Gasteiger partial charge in [0.15, 0.2) is 11.5 Å². The predicted molar refractivity (Wildman–Crippen MR) is 129 cm³/mol. The maximum Gasteiger partial charge on any atom is 0.304 e. The number of hydrogen-bond donors (Lipinski definition) is 2. The molecule has 0 amide bonds. The second-order valence-electron chi connectivity index (χ2n) is 8.14. The molecule has 33 heavy (non-hydrogen) atoms. The number of hydrogen-bond acceptors (Lipinski definition) is 7. The van der Waals surface area contributed by atoms with Gasteiger partial charge in [-0.15, -0.1) is 11.3 Å². The van der Waals surface area contributed by atoms with Crippen LogP contribution in [0.15, 0.2) is 35.7 Å². The second kappa shape index (κ2) is 10.7. The summed E-state index contributed by atoms with van der Waals surface area (Å²) >= 11 is 1.51. The van der Waals surface area contributed by atoms with Gasteiger partial charge in [0.1, 0.15) is 10.8 Å². The first-order valence-electron chi connectivity index (χ1n) is 11.2. The van der Waals surface area contributed by atoms with E-state index < -0.39 is 5.97 Å². The van der Waals surface area contributed by atoms with Crippen LogP contribution in [0.2, 0.25) is 0 Å². The van der Waals surface area contributed by atoms with Gasteiger partial charge < -0.3 is 19.9 Å².